The molecule has 1 aliphatic rings. The molecule has 0 radical (unpaired) electrons. The van der Waals surface area contributed by atoms with Crippen LogP contribution in [0, 0.1) is 11.7 Å². The molecule has 0 spiro atoms. The van der Waals surface area contributed by atoms with E-state index in [1.165, 1.54) is 25.3 Å². The normalized spacial score (nSPS) is 19.2. The number of methoxy groups -OCH3 is 2. The van der Waals surface area contributed by atoms with Gasteiger partial charge in [0.15, 0.2) is 5.78 Å². The maximum absolute atomic E-state index is 13.1. The van der Waals surface area contributed by atoms with E-state index in [0.717, 1.165) is 5.56 Å². The van der Waals surface area contributed by atoms with E-state index < -0.39 is 11.9 Å². The number of carbonyl (C=O) groups is 2. The van der Waals surface area contributed by atoms with Crippen LogP contribution in [0.15, 0.2) is 60.3 Å². The molecule has 5 nitrogen and oxygen atoms in total. The molecule has 0 bridgehead atoms. The average molecular weight is 369 g/mol. The van der Waals surface area contributed by atoms with Crippen molar-refractivity contribution in [3.05, 3.63) is 71.7 Å². The molecule has 0 aliphatic heterocycles. The minimum atomic E-state index is -0.901. The molecule has 140 valence electrons. The lowest BCUT2D eigenvalue weighted by atomic mass is 9.76. The lowest BCUT2D eigenvalue weighted by Gasteiger charge is -2.29. The lowest BCUT2D eigenvalue weighted by molar-refractivity contribution is -0.149. The predicted molar refractivity (Wildman–Crippen MR) is 99.0 cm³/mol. The number of nitrogens with one attached hydrogen (secondary N) is 1. The molecule has 0 unspecified atom stereocenters. The van der Waals surface area contributed by atoms with Gasteiger partial charge in [-0.05, 0) is 48.4 Å². The molecular formula is C21H20FNO4. The van der Waals surface area contributed by atoms with Crippen molar-refractivity contribution < 1.29 is 23.5 Å². The summed E-state index contributed by atoms with van der Waals surface area (Å²) >= 11 is 0. The van der Waals surface area contributed by atoms with E-state index in [4.69, 9.17) is 9.47 Å². The second kappa shape index (κ2) is 8.03. The van der Waals surface area contributed by atoms with Crippen LogP contribution in [-0.2, 0) is 14.3 Å². The van der Waals surface area contributed by atoms with Gasteiger partial charge in [-0.15, -0.1) is 0 Å². The second-order valence-corrected chi connectivity index (χ2v) is 6.29. The fourth-order valence-electron chi connectivity index (χ4n) is 3.25. The fourth-order valence-corrected chi connectivity index (χ4v) is 3.25. The number of allylic oxidation sites excluding steroid dienone is 2. The molecule has 1 N–H and O–H groups in total. The van der Waals surface area contributed by atoms with Crippen molar-refractivity contribution in [2.75, 3.05) is 19.5 Å². The Bertz CT molecular complexity index is 859. The van der Waals surface area contributed by atoms with Crippen LogP contribution < -0.4 is 10.1 Å². The van der Waals surface area contributed by atoms with Crippen molar-refractivity contribution in [1.29, 1.82) is 0 Å². The van der Waals surface area contributed by atoms with Gasteiger partial charge in [0.1, 0.15) is 17.5 Å². The van der Waals surface area contributed by atoms with Crippen molar-refractivity contribution in [2.45, 2.75) is 12.3 Å². The third-order valence-corrected chi connectivity index (χ3v) is 4.61. The summed E-state index contributed by atoms with van der Waals surface area (Å²) in [5, 5.41) is 3.14. The summed E-state index contributed by atoms with van der Waals surface area (Å²) in [5.74, 6) is -1.80. The Labute approximate surface area is 156 Å². The van der Waals surface area contributed by atoms with Crippen LogP contribution in [0.25, 0.3) is 0 Å². The highest BCUT2D eigenvalue weighted by molar-refractivity contribution is 6.07. The van der Waals surface area contributed by atoms with E-state index in [2.05, 4.69) is 5.32 Å². The number of halogens is 1. The molecule has 27 heavy (non-hydrogen) atoms. The van der Waals surface area contributed by atoms with Crippen LogP contribution in [0.5, 0.6) is 5.75 Å². The summed E-state index contributed by atoms with van der Waals surface area (Å²) in [7, 11) is 2.85. The molecule has 0 saturated carbocycles. The standard InChI is InChI=1S/C21H20FNO4/c1-26-17-9-3-13(4-10-17)18-11-16(12-19(24)20(18)21(25)27-2)23-15-7-5-14(22)6-8-15/h3-10,12,18,20,23H,11H2,1-2H3/t18-,20+/m0/s1. The maximum Gasteiger partial charge on any atom is 0.317 e. The number of benzene rings is 2. The first-order valence-electron chi connectivity index (χ1n) is 8.50. The van der Waals surface area contributed by atoms with E-state index in [9.17, 15) is 14.0 Å². The zero-order valence-corrected chi connectivity index (χ0v) is 15.1. The van der Waals surface area contributed by atoms with Crippen LogP contribution in [0.3, 0.4) is 0 Å². The van der Waals surface area contributed by atoms with Gasteiger partial charge in [0.05, 0.1) is 14.2 Å². The number of esters is 1. The SMILES string of the molecule is COC(=O)[C@H]1C(=O)C=C(Nc2ccc(F)cc2)C[C@H]1c1ccc(OC)cc1. The third-order valence-electron chi connectivity index (χ3n) is 4.61. The van der Waals surface area contributed by atoms with Crippen LogP contribution in [-0.4, -0.2) is 26.0 Å². The molecule has 0 saturated heterocycles. The molecule has 0 heterocycles. The van der Waals surface area contributed by atoms with Gasteiger partial charge in [0.2, 0.25) is 0 Å². The molecule has 2 aromatic carbocycles. The third kappa shape index (κ3) is 4.16. The molecule has 2 atom stereocenters. The van der Waals surface area contributed by atoms with E-state index in [0.29, 0.717) is 23.6 Å². The Morgan fingerprint density at radius 3 is 2.33 bits per heavy atom. The zero-order chi connectivity index (χ0) is 19.4. The van der Waals surface area contributed by atoms with Crippen LogP contribution in [0.2, 0.25) is 0 Å². The topological polar surface area (TPSA) is 64.6 Å². The molecule has 0 fully saturated rings. The summed E-state index contributed by atoms with van der Waals surface area (Å²) in [6, 6.07) is 13.1. The molecule has 3 rings (SSSR count). The quantitative estimate of drug-likeness (QED) is 0.643. The highest BCUT2D eigenvalue weighted by Crippen LogP contribution is 2.37. The molecule has 0 aromatic heterocycles. The Hall–Kier alpha value is -3.15. The van der Waals surface area contributed by atoms with Gasteiger partial charge in [0, 0.05) is 23.4 Å². The average Bonchev–Trinajstić information content (AvgIpc) is 2.69. The highest BCUT2D eigenvalue weighted by atomic mass is 19.1. The van der Waals surface area contributed by atoms with Gasteiger partial charge in [-0.1, -0.05) is 12.1 Å². The van der Waals surface area contributed by atoms with E-state index in [1.54, 1.807) is 31.4 Å². The zero-order valence-electron chi connectivity index (χ0n) is 15.1. The number of hydrogen-bond donors (Lipinski definition) is 1. The van der Waals surface area contributed by atoms with Crippen LogP contribution >= 0.6 is 0 Å². The Balaban J connectivity index is 1.90. The molecule has 2 aromatic rings. The van der Waals surface area contributed by atoms with Crippen molar-refractivity contribution in [1.82, 2.24) is 0 Å². The first-order valence-corrected chi connectivity index (χ1v) is 8.50. The van der Waals surface area contributed by atoms with E-state index >= 15 is 0 Å². The van der Waals surface area contributed by atoms with E-state index in [1.807, 2.05) is 12.1 Å². The molecule has 6 heteroatoms. The summed E-state index contributed by atoms with van der Waals surface area (Å²) in [6.07, 6.45) is 1.86. The minimum Gasteiger partial charge on any atom is -0.497 e. The van der Waals surface area contributed by atoms with Gasteiger partial charge >= 0.3 is 5.97 Å². The first kappa shape index (κ1) is 18.6. The highest BCUT2D eigenvalue weighted by Gasteiger charge is 2.39. The lowest BCUT2D eigenvalue weighted by Crippen LogP contribution is -2.34. The monoisotopic (exact) mass is 369 g/mol. The van der Waals surface area contributed by atoms with Crippen LogP contribution in [0.4, 0.5) is 10.1 Å². The minimum absolute atomic E-state index is 0.321. The predicted octanol–water partition coefficient (Wildman–Crippen LogP) is 3.68. The number of rotatable bonds is 5. The van der Waals surface area contributed by atoms with Gasteiger partial charge < -0.3 is 14.8 Å². The second-order valence-electron chi connectivity index (χ2n) is 6.29. The summed E-state index contributed by atoms with van der Waals surface area (Å²) in [5.41, 5.74) is 2.17. The smallest absolute Gasteiger partial charge is 0.317 e. The molecule has 1 aliphatic carbocycles. The molecular weight excluding hydrogens is 349 g/mol. The number of anilines is 1. The number of ether oxygens (including phenoxy) is 2. The summed E-state index contributed by atoms with van der Waals surface area (Å²) < 4.78 is 23.1. The van der Waals surface area contributed by atoms with E-state index in [-0.39, 0.29) is 17.5 Å². The van der Waals surface area contributed by atoms with Crippen molar-refractivity contribution >= 4 is 17.4 Å². The summed E-state index contributed by atoms with van der Waals surface area (Å²) in [4.78, 5) is 24.9. The number of ketones is 1. The Morgan fingerprint density at radius 2 is 1.74 bits per heavy atom. The van der Waals surface area contributed by atoms with Crippen molar-refractivity contribution in [3.63, 3.8) is 0 Å². The molecule has 0 amide bonds. The van der Waals surface area contributed by atoms with Crippen LogP contribution in [0.1, 0.15) is 17.9 Å². The fraction of sp³-hybridized carbons (Fsp3) is 0.238. The largest absolute Gasteiger partial charge is 0.497 e. The first-order chi connectivity index (χ1) is 13.0. The van der Waals surface area contributed by atoms with Gasteiger partial charge in [-0.25, -0.2) is 4.39 Å². The Kier molecular flexibility index (Phi) is 5.54. The van der Waals surface area contributed by atoms with Gasteiger partial charge in [-0.2, -0.15) is 0 Å². The van der Waals surface area contributed by atoms with Crippen molar-refractivity contribution in [3.8, 4) is 5.75 Å². The van der Waals surface area contributed by atoms with Gasteiger partial charge in [0.25, 0.3) is 0 Å². The number of hydrogen-bond acceptors (Lipinski definition) is 5. The maximum atomic E-state index is 13.1. The van der Waals surface area contributed by atoms with Gasteiger partial charge in [-0.3, -0.25) is 9.59 Å². The summed E-state index contributed by atoms with van der Waals surface area (Å²) in [6.45, 7) is 0. The Morgan fingerprint density at radius 1 is 1.07 bits per heavy atom. The number of carbonyl (C=O) groups excluding carboxylic acids is 2. The van der Waals surface area contributed by atoms with Crippen molar-refractivity contribution in [2.24, 2.45) is 5.92 Å².